The van der Waals surface area contributed by atoms with Gasteiger partial charge in [0.1, 0.15) is 0 Å². The summed E-state index contributed by atoms with van der Waals surface area (Å²) in [6.07, 6.45) is 6.33. The van der Waals surface area contributed by atoms with Gasteiger partial charge in [-0.05, 0) is 49.2 Å². The summed E-state index contributed by atoms with van der Waals surface area (Å²) >= 11 is 0. The zero-order valence-corrected chi connectivity index (χ0v) is 22.9. The number of hydrogen-bond acceptors (Lipinski definition) is 2. The number of aryl methyl sites for hydroxylation is 1. The summed E-state index contributed by atoms with van der Waals surface area (Å²) in [4.78, 5) is 10.5. The third-order valence-corrected chi connectivity index (χ3v) is 8.57. The van der Waals surface area contributed by atoms with Gasteiger partial charge in [0.25, 0.3) is 0 Å². The zero-order chi connectivity index (χ0) is 27.6. The van der Waals surface area contributed by atoms with E-state index in [-0.39, 0.29) is 0 Å². The third-order valence-electron chi connectivity index (χ3n) is 8.57. The lowest BCUT2D eigenvalue weighted by Gasteiger charge is -2.17. The van der Waals surface area contributed by atoms with E-state index in [1.807, 2.05) is 0 Å². The van der Waals surface area contributed by atoms with E-state index >= 15 is 0 Å². The Labute approximate surface area is 242 Å². The Morgan fingerprint density at radius 3 is 1.83 bits per heavy atom. The van der Waals surface area contributed by atoms with Crippen molar-refractivity contribution in [1.29, 1.82) is 0 Å². The molecule has 3 aromatic heterocycles. The molecule has 0 unspecified atom stereocenters. The Bertz CT molecular complexity index is 2340. The number of nitrogens with zero attached hydrogens (tertiary/aromatic N) is 4. The molecule has 0 N–H and O–H groups in total. The fraction of sp³-hybridized carbons (Fsp3) is 0.0526. The second kappa shape index (κ2) is 9.02. The van der Waals surface area contributed by atoms with Crippen LogP contribution in [0.5, 0.6) is 0 Å². The average molecular weight is 539 g/mol. The number of aromatic nitrogens is 4. The molecule has 0 bridgehead atoms. The minimum Gasteiger partial charge on any atom is -0.309 e. The van der Waals surface area contributed by atoms with E-state index in [1.165, 1.54) is 32.6 Å². The van der Waals surface area contributed by atoms with Gasteiger partial charge >= 0.3 is 0 Å². The maximum absolute atomic E-state index is 5.29. The molecule has 42 heavy (non-hydrogen) atoms. The van der Waals surface area contributed by atoms with E-state index in [2.05, 4.69) is 143 Å². The maximum atomic E-state index is 5.29. The first-order chi connectivity index (χ1) is 20.8. The molecular weight excluding hydrogens is 512 g/mol. The number of rotatable bonds is 3. The van der Waals surface area contributed by atoms with Crippen molar-refractivity contribution >= 4 is 49.7 Å². The fourth-order valence-electron chi connectivity index (χ4n) is 6.71. The van der Waals surface area contributed by atoms with Crippen molar-refractivity contribution in [3.05, 3.63) is 139 Å². The molecule has 3 heterocycles. The first-order valence-electron chi connectivity index (χ1n) is 14.5. The summed E-state index contributed by atoms with van der Waals surface area (Å²) in [6.45, 7) is 0. The van der Waals surface area contributed by atoms with Crippen molar-refractivity contribution in [3.8, 4) is 22.9 Å². The molecule has 0 aliphatic heterocycles. The van der Waals surface area contributed by atoms with Gasteiger partial charge in [-0.3, -0.25) is 4.57 Å². The van der Waals surface area contributed by atoms with Crippen molar-refractivity contribution < 1.29 is 0 Å². The van der Waals surface area contributed by atoms with E-state index in [9.17, 15) is 0 Å². The van der Waals surface area contributed by atoms with Crippen LogP contribution in [0.25, 0.3) is 72.6 Å². The SMILES string of the molecule is C1=Cc2c(nc(-n3c4ccccc4c4cc5c(cc43)c3ccccc3n5-c3ccccc3)nc2-c2ccccc2)CC1. The minimum absolute atomic E-state index is 0.722. The van der Waals surface area contributed by atoms with Crippen LogP contribution < -0.4 is 0 Å². The standard InChI is InChI=1S/C38H26N4/c1-3-13-25(14-4-1)37-29-19-7-10-20-32(29)39-38(40-37)42-34-22-12-9-18-28(34)31-23-35-30(24-36(31)42)27-17-8-11-21-33(27)41(35)26-15-5-2-6-16-26/h1-9,11-19,21-24H,10,20H2. The van der Waals surface area contributed by atoms with E-state index in [0.29, 0.717) is 0 Å². The van der Waals surface area contributed by atoms with Crippen LogP contribution >= 0.6 is 0 Å². The van der Waals surface area contributed by atoms with Gasteiger partial charge in [-0.15, -0.1) is 0 Å². The van der Waals surface area contributed by atoms with E-state index in [4.69, 9.17) is 9.97 Å². The quantitative estimate of drug-likeness (QED) is 0.225. The lowest BCUT2D eigenvalue weighted by Crippen LogP contribution is -2.09. The van der Waals surface area contributed by atoms with E-state index < -0.39 is 0 Å². The highest BCUT2D eigenvalue weighted by Crippen LogP contribution is 2.40. The third kappa shape index (κ3) is 3.36. The number of hydrogen-bond donors (Lipinski definition) is 0. The molecule has 0 radical (unpaired) electrons. The second-order valence-corrected chi connectivity index (χ2v) is 11.0. The molecule has 1 aliphatic rings. The molecule has 9 rings (SSSR count). The van der Waals surface area contributed by atoms with Crippen LogP contribution in [-0.2, 0) is 6.42 Å². The predicted octanol–water partition coefficient (Wildman–Crippen LogP) is 9.30. The van der Waals surface area contributed by atoms with Crippen LogP contribution in [0.3, 0.4) is 0 Å². The average Bonchev–Trinajstić information content (AvgIpc) is 3.56. The van der Waals surface area contributed by atoms with Crippen molar-refractivity contribution in [1.82, 2.24) is 19.1 Å². The Balaban J connectivity index is 1.41. The summed E-state index contributed by atoms with van der Waals surface area (Å²) in [6, 6.07) is 43.2. The Morgan fingerprint density at radius 2 is 1.12 bits per heavy atom. The van der Waals surface area contributed by atoms with Crippen LogP contribution in [0.15, 0.2) is 127 Å². The lowest BCUT2D eigenvalue weighted by atomic mass is 9.98. The molecule has 0 amide bonds. The van der Waals surface area contributed by atoms with Gasteiger partial charge in [-0.2, -0.15) is 0 Å². The zero-order valence-electron chi connectivity index (χ0n) is 22.9. The van der Waals surface area contributed by atoms with Gasteiger partial charge in [-0.25, -0.2) is 9.97 Å². The summed E-state index contributed by atoms with van der Waals surface area (Å²) in [5.74, 6) is 0.722. The lowest BCUT2D eigenvalue weighted by molar-refractivity contribution is 0.877. The molecule has 0 fully saturated rings. The minimum atomic E-state index is 0.722. The smallest absolute Gasteiger partial charge is 0.235 e. The van der Waals surface area contributed by atoms with Gasteiger partial charge in [0.2, 0.25) is 5.95 Å². The molecule has 1 aliphatic carbocycles. The van der Waals surface area contributed by atoms with Crippen molar-refractivity contribution in [2.45, 2.75) is 12.8 Å². The van der Waals surface area contributed by atoms with Gasteiger partial charge in [0, 0.05) is 38.4 Å². The summed E-state index contributed by atoms with van der Waals surface area (Å²) in [7, 11) is 0. The largest absolute Gasteiger partial charge is 0.309 e. The number of para-hydroxylation sites is 3. The summed E-state index contributed by atoms with van der Waals surface area (Å²) in [5, 5.41) is 4.84. The van der Waals surface area contributed by atoms with Crippen LogP contribution in [0, 0.1) is 0 Å². The topological polar surface area (TPSA) is 35.6 Å². The maximum Gasteiger partial charge on any atom is 0.235 e. The molecule has 0 saturated heterocycles. The summed E-state index contributed by atoms with van der Waals surface area (Å²) in [5.41, 5.74) is 10.1. The van der Waals surface area contributed by atoms with Crippen LogP contribution in [0.4, 0.5) is 0 Å². The molecule has 198 valence electrons. The Morgan fingerprint density at radius 1 is 0.524 bits per heavy atom. The van der Waals surface area contributed by atoms with Crippen molar-refractivity contribution in [2.24, 2.45) is 0 Å². The Kier molecular flexibility index (Phi) is 4.99. The Hall–Kier alpha value is -5.48. The van der Waals surface area contributed by atoms with Crippen molar-refractivity contribution in [3.63, 3.8) is 0 Å². The van der Waals surface area contributed by atoms with Crippen LogP contribution in [0.1, 0.15) is 17.7 Å². The van der Waals surface area contributed by atoms with Crippen LogP contribution in [0.2, 0.25) is 0 Å². The molecule has 0 saturated carbocycles. The molecule has 0 spiro atoms. The summed E-state index contributed by atoms with van der Waals surface area (Å²) < 4.78 is 4.65. The first-order valence-corrected chi connectivity index (χ1v) is 14.5. The number of benzene rings is 5. The molecule has 5 aromatic carbocycles. The molecular formula is C38H26N4. The van der Waals surface area contributed by atoms with E-state index in [1.54, 1.807) is 0 Å². The van der Waals surface area contributed by atoms with Gasteiger partial charge in [0.15, 0.2) is 0 Å². The second-order valence-electron chi connectivity index (χ2n) is 11.0. The van der Waals surface area contributed by atoms with Gasteiger partial charge in [-0.1, -0.05) is 97.1 Å². The predicted molar refractivity (Wildman–Crippen MR) is 174 cm³/mol. The van der Waals surface area contributed by atoms with Gasteiger partial charge < -0.3 is 4.57 Å². The number of allylic oxidation sites excluding steroid dienone is 1. The van der Waals surface area contributed by atoms with Gasteiger partial charge in [0.05, 0.1) is 33.5 Å². The van der Waals surface area contributed by atoms with E-state index in [0.717, 1.165) is 58.0 Å². The van der Waals surface area contributed by atoms with Crippen LogP contribution in [-0.4, -0.2) is 19.1 Å². The molecule has 0 atom stereocenters. The first kappa shape index (κ1) is 23.2. The van der Waals surface area contributed by atoms with Crippen molar-refractivity contribution in [2.75, 3.05) is 0 Å². The number of fused-ring (bicyclic) bond motifs is 7. The fourth-order valence-corrected chi connectivity index (χ4v) is 6.71. The molecule has 4 nitrogen and oxygen atoms in total. The highest BCUT2D eigenvalue weighted by atomic mass is 15.2. The highest BCUT2D eigenvalue weighted by molar-refractivity contribution is 6.18. The normalized spacial score (nSPS) is 13.0. The monoisotopic (exact) mass is 538 g/mol. The highest BCUT2D eigenvalue weighted by Gasteiger charge is 2.22. The molecule has 4 heteroatoms. The molecule has 8 aromatic rings.